The summed E-state index contributed by atoms with van der Waals surface area (Å²) in [6.45, 7) is 1.23. The third kappa shape index (κ3) is 18.8. The van der Waals surface area contributed by atoms with Crippen molar-refractivity contribution in [1.82, 2.24) is 24.9 Å². The van der Waals surface area contributed by atoms with Gasteiger partial charge < -0.3 is 53.7 Å². The number of halogens is 1. The number of aryl methyl sites for hydroxylation is 1. The lowest BCUT2D eigenvalue weighted by Crippen LogP contribution is -2.53. The van der Waals surface area contributed by atoms with E-state index < -0.39 is 126 Å². The van der Waals surface area contributed by atoms with Crippen LogP contribution in [0, 0.1) is 17.2 Å². The average Bonchev–Trinajstić information content (AvgIpc) is 1.33. The fraction of sp³-hybridized carbons (Fsp3) is 0.406. The Morgan fingerprint density at radius 1 is 0.700 bits per heavy atom. The van der Waals surface area contributed by atoms with E-state index in [1.807, 2.05) is 6.07 Å². The highest BCUT2D eigenvalue weighted by Gasteiger charge is 2.43. The van der Waals surface area contributed by atoms with E-state index >= 15 is 4.39 Å². The minimum atomic E-state index is -1.55. The molecule has 2 heterocycles. The molecule has 5 atom stereocenters. The molecular formula is C69H80FN5O15. The lowest BCUT2D eigenvalue weighted by Gasteiger charge is -2.36. The highest BCUT2D eigenvalue weighted by molar-refractivity contribution is 6.38. The fourth-order valence-corrected chi connectivity index (χ4v) is 10.9. The van der Waals surface area contributed by atoms with Crippen LogP contribution in [0.15, 0.2) is 133 Å². The van der Waals surface area contributed by atoms with E-state index in [0.29, 0.717) is 35.5 Å². The molecular weight excluding hydrogens is 1160 g/mol. The summed E-state index contributed by atoms with van der Waals surface area (Å²) in [7, 11) is 7.32. The molecule has 0 aromatic heterocycles. The summed E-state index contributed by atoms with van der Waals surface area (Å²) in [4.78, 5) is 133. The maximum atomic E-state index is 16.0. The molecule has 2 bridgehead atoms. The van der Waals surface area contributed by atoms with Gasteiger partial charge in [-0.05, 0) is 129 Å². The standard InChI is InChI=1S/C69H80FN5O15/c1-69(2)44-89-63(80)23-15-16-34-72(3)66(83)53(37-46-20-12-9-13-21-46)71-61(78)42-73(4)65(82)50(36-45-18-10-8-11-19-45)40-56(77)55(38-47-24-29-51(76)30-25-47)74(5)62(79)43-88-59-41-49(28-31-52(59)70)57(32-26-48-27-33-58(86-6)60(39-48)87-7)90-68(85)54-22-14-17-35-75(54)67(84)64(69)81/h8-13,15,18-21,23-25,27-31,33,39,41,50,53-55,57,76H,14,16-17,22,26,32,34-38,40,42-44H2,1-7H3,(H,71,78)/t50-,53+,54-,55-,57+/m0/s1. The first-order chi connectivity index (χ1) is 43.0. The van der Waals surface area contributed by atoms with Crippen LogP contribution >= 0.6 is 0 Å². The van der Waals surface area contributed by atoms with Gasteiger partial charge in [0.05, 0.1) is 32.2 Å². The Morgan fingerprint density at radius 2 is 1.36 bits per heavy atom. The summed E-state index contributed by atoms with van der Waals surface area (Å²) in [6.07, 6.45) is 2.83. The van der Waals surface area contributed by atoms with Gasteiger partial charge in [0.2, 0.25) is 23.5 Å². The number of fused-ring (bicyclic) bond motifs is 3. The maximum Gasteiger partial charge on any atom is 0.330 e. The molecule has 20 nitrogen and oxygen atoms in total. The average molecular weight is 1240 g/mol. The number of hydrogen-bond acceptors (Lipinski definition) is 15. The highest BCUT2D eigenvalue weighted by atomic mass is 19.1. The van der Waals surface area contributed by atoms with E-state index in [4.69, 9.17) is 23.7 Å². The number of carbonyl (C=O) groups is 9. The number of phenols is 1. The molecule has 7 rings (SSSR count). The molecule has 0 unspecified atom stereocenters. The number of methoxy groups -OCH3 is 2. The van der Waals surface area contributed by atoms with Gasteiger partial charge in [0.1, 0.15) is 30.5 Å². The third-order valence-corrected chi connectivity index (χ3v) is 16.2. The first-order valence-electron chi connectivity index (χ1n) is 30.0. The monoisotopic (exact) mass is 1240 g/mol. The summed E-state index contributed by atoms with van der Waals surface area (Å²) in [5.74, 6) is -8.02. The van der Waals surface area contributed by atoms with Crippen LogP contribution in [0.2, 0.25) is 0 Å². The Kier molecular flexibility index (Phi) is 24.4. The van der Waals surface area contributed by atoms with Crippen molar-refractivity contribution in [3.05, 3.63) is 167 Å². The summed E-state index contributed by atoms with van der Waals surface area (Å²) < 4.78 is 44.7. The molecule has 0 spiro atoms. The van der Waals surface area contributed by atoms with E-state index in [-0.39, 0.29) is 69.3 Å². The Balaban J connectivity index is 1.23. The van der Waals surface area contributed by atoms with Gasteiger partial charge in [-0.15, -0.1) is 0 Å². The summed E-state index contributed by atoms with van der Waals surface area (Å²) in [5, 5.41) is 13.0. The molecule has 5 amide bonds. The quantitative estimate of drug-likeness (QED) is 0.0985. The lowest BCUT2D eigenvalue weighted by atomic mass is 9.87. The molecule has 1 fully saturated rings. The van der Waals surface area contributed by atoms with Crippen molar-refractivity contribution in [3.63, 3.8) is 0 Å². The van der Waals surface area contributed by atoms with Crippen molar-refractivity contribution in [1.29, 1.82) is 0 Å². The van der Waals surface area contributed by atoms with Crippen molar-refractivity contribution in [3.8, 4) is 23.0 Å². The fourth-order valence-electron chi connectivity index (χ4n) is 10.9. The van der Waals surface area contributed by atoms with E-state index in [2.05, 4.69) is 5.32 Å². The lowest BCUT2D eigenvalue weighted by molar-refractivity contribution is -0.165. The molecule has 2 aliphatic heterocycles. The van der Waals surface area contributed by atoms with Gasteiger partial charge >= 0.3 is 11.9 Å². The number of piperidine rings is 1. The third-order valence-electron chi connectivity index (χ3n) is 16.2. The normalized spacial score (nSPS) is 21.1. The number of ether oxygens (including phenoxy) is 5. The number of aromatic hydroxyl groups is 1. The predicted molar refractivity (Wildman–Crippen MR) is 330 cm³/mol. The SMILES string of the molecule is COc1ccc(CC[C@H]2OC(=O)[C@@H]3CCCCN3C(=O)C(=O)C(C)(C)COC(=O)C=CCCN(C)C(=O)[C@@H](Cc3ccccc3)NC(=O)CN(C)C(=O)[C@@H](Cc3ccccc3)CC(=O)[C@H](Cc3ccc(O)cc3)N(C)C(=O)COc3cc2ccc3F)cc1OC. The van der Waals surface area contributed by atoms with Gasteiger partial charge in [-0.1, -0.05) is 91.0 Å². The number of cyclic esters (lactones) is 2. The molecule has 5 aromatic rings. The van der Waals surface area contributed by atoms with Crippen molar-refractivity contribution in [2.45, 2.75) is 102 Å². The predicted octanol–water partition coefficient (Wildman–Crippen LogP) is 7.16. The molecule has 90 heavy (non-hydrogen) atoms. The second-order valence-corrected chi connectivity index (χ2v) is 23.4. The van der Waals surface area contributed by atoms with E-state index in [1.165, 1.54) is 94.3 Å². The van der Waals surface area contributed by atoms with Crippen molar-refractivity contribution in [2.24, 2.45) is 11.3 Å². The number of esters is 2. The number of phenolic OH excluding ortho intramolecular Hbond substituents is 1. The largest absolute Gasteiger partial charge is 0.508 e. The zero-order chi connectivity index (χ0) is 65.1. The Labute approximate surface area is 524 Å². The number of carbonyl (C=O) groups excluding carboxylic acids is 9. The minimum Gasteiger partial charge on any atom is -0.508 e. The number of rotatable bonds is 11. The summed E-state index contributed by atoms with van der Waals surface area (Å²) in [5.41, 5.74) is 1.45. The van der Waals surface area contributed by atoms with Gasteiger partial charge in [0, 0.05) is 59.1 Å². The number of nitrogens with one attached hydrogen (secondary N) is 1. The van der Waals surface area contributed by atoms with Crippen molar-refractivity contribution < 1.29 is 76.3 Å². The molecule has 5 aromatic carbocycles. The minimum absolute atomic E-state index is 0.0394. The van der Waals surface area contributed by atoms with Crippen LogP contribution in [-0.2, 0) is 78.3 Å². The molecule has 2 aliphatic rings. The zero-order valence-corrected chi connectivity index (χ0v) is 52.0. The highest BCUT2D eigenvalue weighted by Crippen LogP contribution is 2.34. The maximum absolute atomic E-state index is 16.0. The summed E-state index contributed by atoms with van der Waals surface area (Å²) in [6, 6.07) is 29.5. The van der Waals surface area contributed by atoms with Crippen LogP contribution in [-0.4, -0.2) is 164 Å². The van der Waals surface area contributed by atoms with Crippen molar-refractivity contribution in [2.75, 3.05) is 68.2 Å². The number of hydrogen-bond donors (Lipinski definition) is 2. The molecule has 478 valence electrons. The Bertz CT molecular complexity index is 3380. The van der Waals surface area contributed by atoms with Crippen LogP contribution in [0.1, 0.15) is 86.3 Å². The molecule has 0 aliphatic carbocycles. The van der Waals surface area contributed by atoms with Crippen LogP contribution < -0.4 is 19.5 Å². The molecule has 21 heteroatoms. The molecule has 1 saturated heterocycles. The van der Waals surface area contributed by atoms with Crippen molar-refractivity contribution >= 4 is 53.0 Å². The topological polar surface area (TPSA) is 245 Å². The molecule has 0 saturated carbocycles. The van der Waals surface area contributed by atoms with Gasteiger partial charge in [-0.25, -0.2) is 14.0 Å². The van der Waals surface area contributed by atoms with Gasteiger partial charge in [0.25, 0.3) is 11.8 Å². The van der Waals surface area contributed by atoms with Gasteiger partial charge in [-0.2, -0.15) is 0 Å². The van der Waals surface area contributed by atoms with Crippen LogP contribution in [0.4, 0.5) is 4.39 Å². The molecule has 0 radical (unpaired) electrons. The van der Waals surface area contributed by atoms with Gasteiger partial charge in [-0.3, -0.25) is 33.6 Å². The number of ketones is 2. The van der Waals surface area contributed by atoms with Crippen LogP contribution in [0.25, 0.3) is 0 Å². The second-order valence-electron chi connectivity index (χ2n) is 23.4. The molecule has 2 N–H and O–H groups in total. The Hall–Kier alpha value is -9.40. The smallest absolute Gasteiger partial charge is 0.330 e. The Morgan fingerprint density at radius 3 is 2.03 bits per heavy atom. The number of benzene rings is 5. The first-order valence-corrected chi connectivity index (χ1v) is 30.0. The number of likely N-dealkylation sites (N-methyl/N-ethyl adjacent to an activating group) is 3. The van der Waals surface area contributed by atoms with Crippen LogP contribution in [0.3, 0.4) is 0 Å². The van der Waals surface area contributed by atoms with E-state index in [0.717, 1.165) is 28.2 Å². The number of Topliss-reactive ketones (excluding diaryl/α,β-unsaturated/α-hetero) is 2. The van der Waals surface area contributed by atoms with Crippen LogP contribution in [0.5, 0.6) is 23.0 Å². The van der Waals surface area contributed by atoms with Gasteiger partial charge in [0.15, 0.2) is 35.5 Å². The zero-order valence-electron chi connectivity index (χ0n) is 52.0. The number of amides is 5. The second kappa shape index (κ2) is 32.2. The first kappa shape index (κ1) is 68.1. The summed E-state index contributed by atoms with van der Waals surface area (Å²) >= 11 is 0. The number of nitrogens with zero attached hydrogens (tertiary/aromatic N) is 4. The van der Waals surface area contributed by atoms with E-state index in [1.54, 1.807) is 84.9 Å². The van der Waals surface area contributed by atoms with E-state index in [9.17, 15) is 48.3 Å².